The molecule has 2 fully saturated rings. The van der Waals surface area contributed by atoms with Crippen LogP contribution in [0.1, 0.15) is 53.5 Å². The summed E-state index contributed by atoms with van der Waals surface area (Å²) in [5.74, 6) is 1.33. The van der Waals surface area contributed by atoms with Crippen molar-refractivity contribution in [3.05, 3.63) is 34.5 Å². The summed E-state index contributed by atoms with van der Waals surface area (Å²) in [6, 6.07) is 3.40. The van der Waals surface area contributed by atoms with Crippen LogP contribution in [-0.4, -0.2) is 62.5 Å². The van der Waals surface area contributed by atoms with E-state index in [4.69, 9.17) is 0 Å². The Labute approximate surface area is 156 Å². The van der Waals surface area contributed by atoms with Crippen LogP contribution in [-0.2, 0) is 4.79 Å². The third kappa shape index (κ3) is 3.38. The molecule has 2 aromatic heterocycles. The van der Waals surface area contributed by atoms with Crippen LogP contribution in [0.5, 0.6) is 0 Å². The molecule has 138 valence electrons. The van der Waals surface area contributed by atoms with Gasteiger partial charge < -0.3 is 9.80 Å². The first-order chi connectivity index (χ1) is 12.7. The summed E-state index contributed by atoms with van der Waals surface area (Å²) in [5, 5.41) is 8.76. The summed E-state index contributed by atoms with van der Waals surface area (Å²) in [7, 11) is 0. The summed E-state index contributed by atoms with van der Waals surface area (Å²) in [6.45, 7) is 2.09. The van der Waals surface area contributed by atoms with E-state index >= 15 is 0 Å². The Balaban J connectivity index is 1.42. The number of carbonyl (C=O) groups excluding carboxylic acids is 2. The van der Waals surface area contributed by atoms with E-state index in [0.29, 0.717) is 30.4 Å². The van der Waals surface area contributed by atoms with Gasteiger partial charge in [-0.25, -0.2) is 4.98 Å². The molecule has 1 unspecified atom stereocenters. The van der Waals surface area contributed by atoms with Crippen molar-refractivity contribution in [1.82, 2.24) is 25.0 Å². The standard InChI is InChI=1S/C18H23N5O2S/c24-17(22-9-6-13(7-10-22)16-19-12-20-21-16)14-4-1-2-8-23(14)18(25)15-5-3-11-26-15/h3,5,11-14H,1-2,4,6-10H2,(H,19,20,21). The molecule has 2 aromatic rings. The lowest BCUT2D eigenvalue weighted by Gasteiger charge is -2.39. The molecule has 0 bridgehead atoms. The highest BCUT2D eigenvalue weighted by Gasteiger charge is 2.36. The highest BCUT2D eigenvalue weighted by Crippen LogP contribution is 2.28. The molecule has 2 aliphatic rings. The smallest absolute Gasteiger partial charge is 0.264 e. The summed E-state index contributed by atoms with van der Waals surface area (Å²) in [4.78, 5) is 34.6. The number of nitrogens with one attached hydrogen (secondary N) is 1. The van der Waals surface area contributed by atoms with Gasteiger partial charge in [0.15, 0.2) is 0 Å². The second-order valence-electron chi connectivity index (χ2n) is 6.96. The van der Waals surface area contributed by atoms with Crippen molar-refractivity contribution in [3.63, 3.8) is 0 Å². The number of aromatic amines is 1. The van der Waals surface area contributed by atoms with Gasteiger partial charge in [-0.15, -0.1) is 11.3 Å². The summed E-state index contributed by atoms with van der Waals surface area (Å²) in [5.41, 5.74) is 0. The number of aromatic nitrogens is 3. The predicted octanol–water partition coefficient (Wildman–Crippen LogP) is 2.27. The Kier molecular flexibility index (Phi) is 5.01. The molecule has 4 rings (SSSR count). The van der Waals surface area contributed by atoms with Crippen molar-refractivity contribution in [3.8, 4) is 0 Å². The third-order valence-corrected chi connectivity index (χ3v) is 6.27. The minimum atomic E-state index is -0.319. The Morgan fingerprint density at radius 1 is 1.15 bits per heavy atom. The van der Waals surface area contributed by atoms with E-state index in [9.17, 15) is 9.59 Å². The number of amides is 2. The molecule has 2 saturated heterocycles. The zero-order valence-electron chi connectivity index (χ0n) is 14.6. The number of carbonyl (C=O) groups is 2. The molecule has 0 aromatic carbocycles. The van der Waals surface area contributed by atoms with Gasteiger partial charge in [-0.3, -0.25) is 14.7 Å². The molecule has 2 aliphatic heterocycles. The summed E-state index contributed by atoms with van der Waals surface area (Å²) < 4.78 is 0. The van der Waals surface area contributed by atoms with Gasteiger partial charge in [-0.1, -0.05) is 6.07 Å². The second-order valence-corrected chi connectivity index (χ2v) is 7.91. The summed E-state index contributed by atoms with van der Waals surface area (Å²) >= 11 is 1.44. The second kappa shape index (κ2) is 7.57. The molecular formula is C18H23N5O2S. The average molecular weight is 373 g/mol. The molecule has 26 heavy (non-hydrogen) atoms. The number of rotatable bonds is 3. The van der Waals surface area contributed by atoms with E-state index in [1.54, 1.807) is 4.90 Å². The first-order valence-electron chi connectivity index (χ1n) is 9.22. The van der Waals surface area contributed by atoms with Crippen LogP contribution >= 0.6 is 11.3 Å². The van der Waals surface area contributed by atoms with E-state index in [0.717, 1.165) is 37.9 Å². The quantitative estimate of drug-likeness (QED) is 0.895. The lowest BCUT2D eigenvalue weighted by Crippen LogP contribution is -2.54. The normalized spacial score (nSPS) is 21.8. The number of likely N-dealkylation sites (tertiary alicyclic amines) is 2. The van der Waals surface area contributed by atoms with Gasteiger partial charge in [0.2, 0.25) is 5.91 Å². The molecule has 7 nitrogen and oxygen atoms in total. The predicted molar refractivity (Wildman–Crippen MR) is 97.9 cm³/mol. The summed E-state index contributed by atoms with van der Waals surface area (Å²) in [6.07, 6.45) is 6.02. The Morgan fingerprint density at radius 2 is 2.00 bits per heavy atom. The van der Waals surface area contributed by atoms with Crippen LogP contribution in [0, 0.1) is 0 Å². The van der Waals surface area contributed by atoms with Crippen LogP contribution in [0.4, 0.5) is 0 Å². The highest BCUT2D eigenvalue weighted by molar-refractivity contribution is 7.12. The molecule has 4 heterocycles. The number of hydrogen-bond acceptors (Lipinski definition) is 5. The van der Waals surface area contributed by atoms with Crippen molar-refractivity contribution in [2.24, 2.45) is 0 Å². The SMILES string of the molecule is O=C(C1CCCCN1C(=O)c1cccs1)N1CCC(c2ncn[nH]2)CC1. The van der Waals surface area contributed by atoms with Crippen LogP contribution in [0.3, 0.4) is 0 Å². The minimum absolute atomic E-state index is 0.00500. The van der Waals surface area contributed by atoms with Gasteiger partial charge in [0, 0.05) is 25.6 Å². The molecule has 1 N–H and O–H groups in total. The topological polar surface area (TPSA) is 82.2 Å². The van der Waals surface area contributed by atoms with E-state index in [2.05, 4.69) is 15.2 Å². The van der Waals surface area contributed by atoms with Crippen molar-refractivity contribution in [2.45, 2.75) is 44.1 Å². The number of H-pyrrole nitrogens is 1. The van der Waals surface area contributed by atoms with Gasteiger partial charge in [0.25, 0.3) is 5.91 Å². The Hall–Kier alpha value is -2.22. The zero-order chi connectivity index (χ0) is 17.9. The molecule has 0 radical (unpaired) electrons. The third-order valence-electron chi connectivity index (χ3n) is 5.41. The molecule has 0 aliphatic carbocycles. The molecule has 0 saturated carbocycles. The molecule has 2 amide bonds. The van der Waals surface area contributed by atoms with Crippen LogP contribution in [0.15, 0.2) is 23.8 Å². The molecule has 0 spiro atoms. The number of hydrogen-bond donors (Lipinski definition) is 1. The number of piperidine rings is 2. The molecule has 1 atom stereocenters. The molecular weight excluding hydrogens is 350 g/mol. The minimum Gasteiger partial charge on any atom is -0.341 e. The van der Waals surface area contributed by atoms with Crippen LogP contribution in [0.2, 0.25) is 0 Å². The van der Waals surface area contributed by atoms with E-state index in [-0.39, 0.29) is 17.9 Å². The zero-order valence-corrected chi connectivity index (χ0v) is 15.5. The Bertz CT molecular complexity index is 738. The van der Waals surface area contributed by atoms with Gasteiger partial charge >= 0.3 is 0 Å². The van der Waals surface area contributed by atoms with E-state index < -0.39 is 0 Å². The van der Waals surface area contributed by atoms with Crippen molar-refractivity contribution in [2.75, 3.05) is 19.6 Å². The maximum absolute atomic E-state index is 13.1. The van der Waals surface area contributed by atoms with E-state index in [1.807, 2.05) is 22.4 Å². The van der Waals surface area contributed by atoms with Crippen molar-refractivity contribution in [1.29, 1.82) is 0 Å². The lowest BCUT2D eigenvalue weighted by molar-refractivity contribution is -0.138. The van der Waals surface area contributed by atoms with E-state index in [1.165, 1.54) is 17.7 Å². The monoisotopic (exact) mass is 373 g/mol. The van der Waals surface area contributed by atoms with Crippen LogP contribution in [0.25, 0.3) is 0 Å². The fraction of sp³-hybridized carbons (Fsp3) is 0.556. The van der Waals surface area contributed by atoms with Crippen molar-refractivity contribution >= 4 is 23.2 Å². The van der Waals surface area contributed by atoms with Crippen LogP contribution < -0.4 is 0 Å². The van der Waals surface area contributed by atoms with Crippen molar-refractivity contribution < 1.29 is 9.59 Å². The fourth-order valence-electron chi connectivity index (χ4n) is 3.97. The number of thiophene rings is 1. The highest BCUT2D eigenvalue weighted by atomic mass is 32.1. The maximum Gasteiger partial charge on any atom is 0.264 e. The number of nitrogens with zero attached hydrogens (tertiary/aromatic N) is 4. The van der Waals surface area contributed by atoms with Gasteiger partial charge in [0.1, 0.15) is 18.2 Å². The van der Waals surface area contributed by atoms with Gasteiger partial charge in [0.05, 0.1) is 4.88 Å². The molecule has 8 heteroatoms. The first-order valence-corrected chi connectivity index (χ1v) is 10.1. The lowest BCUT2D eigenvalue weighted by atomic mass is 9.94. The van der Waals surface area contributed by atoms with Gasteiger partial charge in [-0.2, -0.15) is 5.10 Å². The largest absolute Gasteiger partial charge is 0.341 e. The first kappa shape index (κ1) is 17.2. The average Bonchev–Trinajstić information content (AvgIpc) is 3.41. The Morgan fingerprint density at radius 3 is 2.69 bits per heavy atom. The maximum atomic E-state index is 13.1. The fourth-order valence-corrected chi connectivity index (χ4v) is 4.65. The van der Waals surface area contributed by atoms with Gasteiger partial charge in [-0.05, 0) is 43.6 Å².